The van der Waals surface area contributed by atoms with Crippen molar-refractivity contribution in [3.05, 3.63) is 28.2 Å². The number of benzene rings is 1. The molecule has 21 heavy (non-hydrogen) atoms. The van der Waals surface area contributed by atoms with E-state index in [0.717, 1.165) is 47.4 Å². The summed E-state index contributed by atoms with van der Waals surface area (Å²) in [5.74, 6) is 0.880. The highest BCUT2D eigenvalue weighted by molar-refractivity contribution is 9.10. The third kappa shape index (κ3) is 2.14. The number of ether oxygens (including phenoxy) is 2. The second-order valence-electron chi connectivity index (χ2n) is 6.09. The zero-order valence-corrected chi connectivity index (χ0v) is 13.5. The average Bonchev–Trinajstić information content (AvgIpc) is 2.82. The van der Waals surface area contributed by atoms with Gasteiger partial charge in [-0.3, -0.25) is 9.98 Å². The van der Waals surface area contributed by atoms with Gasteiger partial charge >= 0.3 is 0 Å². The van der Waals surface area contributed by atoms with E-state index in [1.165, 1.54) is 0 Å². The Morgan fingerprint density at radius 2 is 2.24 bits per heavy atom. The van der Waals surface area contributed by atoms with Crippen molar-refractivity contribution in [2.75, 3.05) is 13.2 Å². The maximum atomic E-state index is 6.35. The smallest absolute Gasteiger partial charge is 0.183 e. The molecule has 2 spiro atoms. The number of hydrogen-bond acceptors (Lipinski definition) is 4. The van der Waals surface area contributed by atoms with E-state index < -0.39 is 5.66 Å². The van der Waals surface area contributed by atoms with Gasteiger partial charge < -0.3 is 9.47 Å². The van der Waals surface area contributed by atoms with Gasteiger partial charge in [0.2, 0.25) is 0 Å². The number of fused-ring (bicyclic) bond motifs is 2. The molecule has 1 aromatic rings. The summed E-state index contributed by atoms with van der Waals surface area (Å²) in [5.41, 5.74) is 1.17. The van der Waals surface area contributed by atoms with Crippen LogP contribution in [0.4, 0.5) is 0 Å². The molecule has 1 fully saturated rings. The second-order valence-corrected chi connectivity index (χ2v) is 7.00. The minimum Gasteiger partial charge on any atom is -0.484 e. The molecule has 0 aromatic heterocycles. The summed E-state index contributed by atoms with van der Waals surface area (Å²) in [4.78, 5) is 9.60. The van der Waals surface area contributed by atoms with Gasteiger partial charge in [0.1, 0.15) is 11.4 Å². The van der Waals surface area contributed by atoms with Gasteiger partial charge in [-0.05, 0) is 38.0 Å². The van der Waals surface area contributed by atoms with Crippen LogP contribution < -0.4 is 4.74 Å². The average molecular weight is 349 g/mol. The molecule has 0 saturated carbocycles. The van der Waals surface area contributed by atoms with Gasteiger partial charge in [0.25, 0.3) is 0 Å². The summed E-state index contributed by atoms with van der Waals surface area (Å²) < 4.78 is 13.1. The molecule has 1 saturated heterocycles. The largest absolute Gasteiger partial charge is 0.484 e. The fraction of sp³-hybridized carbons (Fsp3) is 0.500. The summed E-state index contributed by atoms with van der Waals surface area (Å²) >= 11 is 3.54. The van der Waals surface area contributed by atoms with Crippen molar-refractivity contribution in [2.24, 2.45) is 9.98 Å². The number of rotatable bonds is 0. The van der Waals surface area contributed by atoms with Gasteiger partial charge in [0, 0.05) is 29.3 Å². The topological polar surface area (TPSA) is 43.2 Å². The summed E-state index contributed by atoms with van der Waals surface area (Å²) in [7, 11) is 0. The van der Waals surface area contributed by atoms with Crippen molar-refractivity contribution in [3.8, 4) is 5.75 Å². The van der Waals surface area contributed by atoms with Crippen LogP contribution in [0.5, 0.6) is 5.75 Å². The zero-order valence-electron chi connectivity index (χ0n) is 11.9. The quantitative estimate of drug-likeness (QED) is 0.720. The standard InChI is InChI=1S/C16H17BrN2O2/c1-11-8-18-16(19-11)9-15(5-2-6-20-10-15)21-14-4-3-12(17)7-13(14)16/h3-4,7-8H,2,5-6,9-10H2,1H3. The van der Waals surface area contributed by atoms with E-state index in [0.29, 0.717) is 6.61 Å². The molecule has 0 radical (unpaired) electrons. The first-order chi connectivity index (χ1) is 10.1. The van der Waals surface area contributed by atoms with Crippen LogP contribution in [0.3, 0.4) is 0 Å². The Morgan fingerprint density at radius 3 is 2.95 bits per heavy atom. The van der Waals surface area contributed by atoms with E-state index in [2.05, 4.69) is 22.0 Å². The predicted molar refractivity (Wildman–Crippen MR) is 85.5 cm³/mol. The summed E-state index contributed by atoms with van der Waals surface area (Å²) in [6.07, 6.45) is 4.63. The first-order valence-electron chi connectivity index (χ1n) is 7.29. The monoisotopic (exact) mass is 348 g/mol. The van der Waals surface area contributed by atoms with Crippen molar-refractivity contribution < 1.29 is 9.47 Å². The van der Waals surface area contributed by atoms with Gasteiger partial charge in [0.15, 0.2) is 5.66 Å². The molecule has 3 aliphatic rings. The molecule has 0 bridgehead atoms. The molecule has 3 aliphatic heterocycles. The predicted octanol–water partition coefficient (Wildman–Crippen LogP) is 3.48. The van der Waals surface area contributed by atoms with Gasteiger partial charge in [-0.15, -0.1) is 0 Å². The Bertz CT molecular complexity index is 650. The van der Waals surface area contributed by atoms with Gasteiger partial charge in [-0.1, -0.05) is 15.9 Å². The lowest BCUT2D eigenvalue weighted by Gasteiger charge is -2.46. The van der Waals surface area contributed by atoms with Gasteiger partial charge in [-0.25, -0.2) is 0 Å². The van der Waals surface area contributed by atoms with Crippen LogP contribution in [0, 0.1) is 0 Å². The van der Waals surface area contributed by atoms with E-state index in [1.54, 1.807) is 0 Å². The highest BCUT2D eigenvalue weighted by atomic mass is 79.9. The zero-order chi connectivity index (χ0) is 14.5. The second kappa shape index (κ2) is 4.65. The van der Waals surface area contributed by atoms with Crippen LogP contribution >= 0.6 is 15.9 Å². The van der Waals surface area contributed by atoms with Crippen molar-refractivity contribution >= 4 is 27.9 Å². The third-order valence-corrected chi connectivity index (χ3v) is 4.87. The molecule has 0 amide bonds. The van der Waals surface area contributed by atoms with Crippen molar-refractivity contribution in [3.63, 3.8) is 0 Å². The van der Waals surface area contributed by atoms with Gasteiger partial charge in [-0.2, -0.15) is 0 Å². The lowest BCUT2D eigenvalue weighted by molar-refractivity contribution is -0.0927. The maximum absolute atomic E-state index is 6.35. The lowest BCUT2D eigenvalue weighted by Crippen LogP contribution is -2.51. The number of halogens is 1. The molecular formula is C16H17BrN2O2. The molecule has 0 aliphatic carbocycles. The third-order valence-electron chi connectivity index (χ3n) is 4.38. The Labute approximate surface area is 132 Å². The normalized spacial score (nSPS) is 33.9. The first kappa shape index (κ1) is 13.5. The highest BCUT2D eigenvalue weighted by Crippen LogP contribution is 2.50. The Morgan fingerprint density at radius 1 is 1.33 bits per heavy atom. The first-order valence-corrected chi connectivity index (χ1v) is 8.09. The van der Waals surface area contributed by atoms with Crippen molar-refractivity contribution in [1.29, 1.82) is 0 Å². The van der Waals surface area contributed by atoms with Crippen LogP contribution in [0.1, 0.15) is 31.7 Å². The number of nitrogens with zero attached hydrogens (tertiary/aromatic N) is 2. The minimum atomic E-state index is -0.540. The molecule has 1 aromatic carbocycles. The van der Waals surface area contributed by atoms with Crippen molar-refractivity contribution in [2.45, 2.75) is 37.5 Å². The van der Waals surface area contributed by atoms with Crippen LogP contribution in [0.25, 0.3) is 0 Å². The summed E-state index contributed by atoms with van der Waals surface area (Å²) in [6, 6.07) is 6.09. The molecule has 3 heterocycles. The highest BCUT2D eigenvalue weighted by Gasteiger charge is 2.51. The Hall–Kier alpha value is -1.20. The van der Waals surface area contributed by atoms with E-state index in [-0.39, 0.29) is 5.60 Å². The van der Waals surface area contributed by atoms with Crippen molar-refractivity contribution in [1.82, 2.24) is 0 Å². The molecule has 4 rings (SSSR count). The van der Waals surface area contributed by atoms with E-state index in [4.69, 9.17) is 19.5 Å². The van der Waals surface area contributed by atoms with Crippen LogP contribution in [0.2, 0.25) is 0 Å². The van der Waals surface area contributed by atoms with E-state index in [9.17, 15) is 0 Å². The Kier molecular flexibility index (Phi) is 2.98. The molecule has 4 nitrogen and oxygen atoms in total. The summed E-state index contributed by atoms with van der Waals surface area (Å²) in [6.45, 7) is 3.43. The molecule has 2 unspecified atom stereocenters. The molecule has 2 atom stereocenters. The fourth-order valence-electron chi connectivity index (χ4n) is 3.53. The molecule has 0 N–H and O–H groups in total. The van der Waals surface area contributed by atoms with Crippen LogP contribution in [-0.4, -0.2) is 30.7 Å². The molecule has 110 valence electrons. The number of aliphatic imine (C=N–C) groups is 2. The number of hydrogen-bond donors (Lipinski definition) is 0. The SMILES string of the molecule is CC1=NC2(CC3(CCCOC3)Oc3ccc(Br)cc32)N=C1. The van der Waals surface area contributed by atoms with Crippen LogP contribution in [-0.2, 0) is 10.4 Å². The molecule has 5 heteroatoms. The lowest BCUT2D eigenvalue weighted by atomic mass is 9.80. The minimum absolute atomic E-state index is 0.301. The fourth-order valence-corrected chi connectivity index (χ4v) is 3.89. The Balaban J connectivity index is 1.86. The van der Waals surface area contributed by atoms with E-state index >= 15 is 0 Å². The summed E-state index contributed by atoms with van der Waals surface area (Å²) in [5, 5.41) is 0. The maximum Gasteiger partial charge on any atom is 0.183 e. The van der Waals surface area contributed by atoms with Crippen LogP contribution in [0.15, 0.2) is 32.7 Å². The van der Waals surface area contributed by atoms with E-state index in [1.807, 2.05) is 25.3 Å². The molecular weight excluding hydrogens is 332 g/mol. The van der Waals surface area contributed by atoms with Gasteiger partial charge in [0.05, 0.1) is 12.3 Å².